The number of esters is 1. The number of hydrogen-bond donors (Lipinski definition) is 2. The minimum absolute atomic E-state index is 0.00351. The van der Waals surface area contributed by atoms with Crippen molar-refractivity contribution in [2.45, 2.75) is 72.8 Å². The molecule has 2 N–H and O–H groups in total. The molecule has 5 atom stereocenters. The van der Waals surface area contributed by atoms with E-state index >= 15 is 0 Å². The first-order valence-corrected chi connectivity index (χ1v) is 9.89. The zero-order valence-corrected chi connectivity index (χ0v) is 17.2. The highest BCUT2D eigenvalue weighted by Gasteiger charge is 2.57. The van der Waals surface area contributed by atoms with Crippen LogP contribution in [-0.2, 0) is 14.3 Å². The quantitative estimate of drug-likeness (QED) is 0.413. The van der Waals surface area contributed by atoms with E-state index in [0.717, 1.165) is 37.7 Å². The second-order valence-electron chi connectivity index (χ2n) is 8.96. The molecule has 0 radical (unpaired) electrons. The van der Waals surface area contributed by atoms with E-state index in [1.807, 2.05) is 13.8 Å². The van der Waals surface area contributed by atoms with Crippen molar-refractivity contribution in [1.82, 2.24) is 0 Å². The van der Waals surface area contributed by atoms with Crippen LogP contribution >= 0.6 is 0 Å². The van der Waals surface area contributed by atoms with Crippen molar-refractivity contribution in [3.63, 3.8) is 0 Å². The Morgan fingerprint density at radius 3 is 2.56 bits per heavy atom. The Balaban J connectivity index is 2.30. The summed E-state index contributed by atoms with van der Waals surface area (Å²) in [5.41, 5.74) is 1.75. The number of aliphatic carboxylic acids is 1. The lowest BCUT2D eigenvalue weighted by molar-refractivity contribution is -0.182. The molecule has 2 aliphatic carbocycles. The highest BCUT2D eigenvalue weighted by atomic mass is 16.5. The molecule has 0 spiro atoms. The Morgan fingerprint density at radius 2 is 2.00 bits per heavy atom. The highest BCUT2D eigenvalue weighted by Crippen LogP contribution is 2.61. The molecule has 0 aromatic carbocycles. The number of carboxylic acids is 1. The second kappa shape index (κ2) is 8.17. The maximum absolute atomic E-state index is 11.6. The minimum Gasteiger partial charge on any atom is -0.478 e. The summed E-state index contributed by atoms with van der Waals surface area (Å²) in [6.07, 6.45) is 7.48. The Hall–Kier alpha value is -1.62. The van der Waals surface area contributed by atoms with Crippen molar-refractivity contribution in [3.8, 4) is 0 Å². The summed E-state index contributed by atoms with van der Waals surface area (Å²) < 4.78 is 5.60. The van der Waals surface area contributed by atoms with E-state index in [0.29, 0.717) is 5.92 Å². The van der Waals surface area contributed by atoms with Gasteiger partial charge in [-0.3, -0.25) is 4.79 Å². The number of hydrogen-bond acceptors (Lipinski definition) is 4. The lowest BCUT2D eigenvalue weighted by Crippen LogP contribution is -2.57. The van der Waals surface area contributed by atoms with Crippen LogP contribution in [0.3, 0.4) is 0 Å². The van der Waals surface area contributed by atoms with Gasteiger partial charge in [0.2, 0.25) is 0 Å². The number of carbonyl (C=O) groups excluding carboxylic acids is 1. The summed E-state index contributed by atoms with van der Waals surface area (Å²) in [5, 5.41) is 19.2. The molecule has 27 heavy (non-hydrogen) atoms. The van der Waals surface area contributed by atoms with Gasteiger partial charge in [-0.15, -0.1) is 0 Å². The van der Waals surface area contributed by atoms with Gasteiger partial charge in [0.05, 0.1) is 6.61 Å². The molecule has 0 aliphatic heterocycles. The monoisotopic (exact) mass is 378 g/mol. The van der Waals surface area contributed by atoms with Crippen LogP contribution in [0, 0.1) is 22.7 Å². The second-order valence-corrected chi connectivity index (χ2v) is 8.96. The van der Waals surface area contributed by atoms with Gasteiger partial charge in [-0.2, -0.15) is 0 Å². The lowest BCUT2D eigenvalue weighted by atomic mass is 9.47. The fourth-order valence-electron chi connectivity index (χ4n) is 5.66. The zero-order chi connectivity index (χ0) is 20.4. The summed E-state index contributed by atoms with van der Waals surface area (Å²) in [6, 6.07) is 0. The fourth-order valence-corrected chi connectivity index (χ4v) is 5.66. The van der Waals surface area contributed by atoms with Gasteiger partial charge >= 0.3 is 11.9 Å². The minimum atomic E-state index is -0.901. The molecule has 0 amide bonds. The van der Waals surface area contributed by atoms with Crippen LogP contribution < -0.4 is 0 Å². The number of ether oxygens (including phenoxy) is 1. The normalized spacial score (nSPS) is 36.6. The summed E-state index contributed by atoms with van der Waals surface area (Å²) in [6.45, 7) is 9.79. The molecule has 0 aromatic heterocycles. The molecule has 152 valence electrons. The van der Waals surface area contributed by atoms with E-state index in [2.05, 4.69) is 19.9 Å². The number of rotatable bonds is 6. The molecule has 5 unspecified atom stereocenters. The van der Waals surface area contributed by atoms with E-state index in [9.17, 15) is 14.7 Å². The van der Waals surface area contributed by atoms with Crippen LogP contribution in [-0.4, -0.2) is 34.9 Å². The maximum atomic E-state index is 11.6. The van der Waals surface area contributed by atoms with Gasteiger partial charge < -0.3 is 14.9 Å². The number of allylic oxidation sites excluding steroid dienone is 3. The Kier molecular flexibility index (Phi) is 6.56. The third-order valence-corrected chi connectivity index (χ3v) is 7.14. The molecule has 0 heterocycles. The van der Waals surface area contributed by atoms with Crippen molar-refractivity contribution in [3.05, 3.63) is 23.3 Å². The van der Waals surface area contributed by atoms with Gasteiger partial charge in [-0.25, -0.2) is 4.79 Å². The predicted octanol–water partition coefficient (Wildman–Crippen LogP) is 4.11. The Bertz CT molecular complexity index is 649. The molecule has 1 fully saturated rings. The number of carbonyl (C=O) groups is 2. The molecular formula is C22H34O5. The zero-order valence-electron chi connectivity index (χ0n) is 17.2. The van der Waals surface area contributed by atoms with Crippen molar-refractivity contribution in [2.75, 3.05) is 6.61 Å². The molecular weight excluding hydrogens is 344 g/mol. The third-order valence-electron chi connectivity index (χ3n) is 7.14. The number of aliphatic hydroxyl groups is 1. The maximum Gasteiger partial charge on any atom is 0.328 e. The van der Waals surface area contributed by atoms with Gasteiger partial charge in [0, 0.05) is 18.4 Å². The molecule has 0 aromatic rings. The highest BCUT2D eigenvalue weighted by molar-refractivity contribution is 5.80. The largest absolute Gasteiger partial charge is 0.478 e. The van der Waals surface area contributed by atoms with E-state index in [1.165, 1.54) is 18.6 Å². The van der Waals surface area contributed by atoms with Crippen LogP contribution in [0.5, 0.6) is 0 Å². The molecule has 0 bridgehead atoms. The van der Waals surface area contributed by atoms with Crippen LogP contribution in [0.25, 0.3) is 0 Å². The SMILES string of the molecule is CC(=O)OC1CCC2(C)C(CCC(C)=CC(=O)O)C(C)=CCC2C1(C)CO. The molecule has 5 nitrogen and oxygen atoms in total. The molecule has 1 saturated carbocycles. The van der Waals surface area contributed by atoms with Crippen molar-refractivity contribution in [1.29, 1.82) is 0 Å². The molecule has 2 aliphatic rings. The Morgan fingerprint density at radius 1 is 1.33 bits per heavy atom. The van der Waals surface area contributed by atoms with Crippen molar-refractivity contribution in [2.24, 2.45) is 22.7 Å². The topological polar surface area (TPSA) is 83.8 Å². The predicted molar refractivity (Wildman–Crippen MR) is 104 cm³/mol. The van der Waals surface area contributed by atoms with Crippen LogP contribution in [0.1, 0.15) is 66.7 Å². The summed E-state index contributed by atoms with van der Waals surface area (Å²) in [4.78, 5) is 22.5. The fraction of sp³-hybridized carbons (Fsp3) is 0.727. The number of fused-ring (bicyclic) bond motifs is 1. The number of aliphatic hydroxyl groups excluding tert-OH is 1. The van der Waals surface area contributed by atoms with E-state index in [1.54, 1.807) is 0 Å². The van der Waals surface area contributed by atoms with Gasteiger partial charge in [0.15, 0.2) is 0 Å². The van der Waals surface area contributed by atoms with E-state index in [4.69, 9.17) is 9.84 Å². The van der Waals surface area contributed by atoms with E-state index < -0.39 is 11.4 Å². The van der Waals surface area contributed by atoms with Crippen LogP contribution in [0.4, 0.5) is 0 Å². The van der Waals surface area contributed by atoms with Gasteiger partial charge in [0.1, 0.15) is 6.10 Å². The molecule has 2 rings (SSSR count). The average Bonchev–Trinajstić information content (AvgIpc) is 2.56. The van der Waals surface area contributed by atoms with Gasteiger partial charge in [-0.1, -0.05) is 31.1 Å². The lowest BCUT2D eigenvalue weighted by Gasteiger charge is -2.59. The van der Waals surface area contributed by atoms with Crippen LogP contribution in [0.15, 0.2) is 23.3 Å². The Labute approximate surface area is 162 Å². The van der Waals surface area contributed by atoms with Gasteiger partial charge in [0.25, 0.3) is 0 Å². The molecule has 5 heteroatoms. The van der Waals surface area contributed by atoms with E-state index in [-0.39, 0.29) is 30.0 Å². The average molecular weight is 379 g/mol. The third kappa shape index (κ3) is 4.29. The summed E-state index contributed by atoms with van der Waals surface area (Å²) in [5.74, 6) is -0.651. The van der Waals surface area contributed by atoms with Crippen LogP contribution in [0.2, 0.25) is 0 Å². The summed E-state index contributed by atoms with van der Waals surface area (Å²) in [7, 11) is 0. The smallest absolute Gasteiger partial charge is 0.328 e. The standard InChI is InChI=1S/C22H34O5/c1-14(12-20(25)26)6-8-17-15(2)7-9-18-21(17,4)11-10-19(27-16(3)24)22(18,5)13-23/h7,12,17-19,23H,6,8-11,13H2,1-5H3,(H,25,26). The molecule has 0 saturated heterocycles. The summed E-state index contributed by atoms with van der Waals surface area (Å²) >= 11 is 0. The first-order chi connectivity index (χ1) is 12.5. The first kappa shape index (κ1) is 21.7. The van der Waals surface area contributed by atoms with Crippen molar-refractivity contribution >= 4 is 11.9 Å². The first-order valence-electron chi connectivity index (χ1n) is 9.89. The number of carboxylic acid groups (broad SMARTS) is 1. The van der Waals surface area contributed by atoms with Crippen molar-refractivity contribution < 1.29 is 24.5 Å². The van der Waals surface area contributed by atoms with Gasteiger partial charge in [-0.05, 0) is 63.2 Å².